The van der Waals surface area contributed by atoms with E-state index in [0.29, 0.717) is 6.54 Å². The molecule has 84 valence electrons. The molecule has 0 fully saturated rings. The zero-order valence-electron chi connectivity index (χ0n) is 10.0. The maximum absolute atomic E-state index is 13.4. The highest BCUT2D eigenvalue weighted by atomic mass is 19.1. The molecule has 15 heavy (non-hydrogen) atoms. The van der Waals surface area contributed by atoms with E-state index in [2.05, 4.69) is 26.1 Å². The molecule has 0 saturated heterocycles. The van der Waals surface area contributed by atoms with Gasteiger partial charge in [-0.15, -0.1) is 0 Å². The van der Waals surface area contributed by atoms with Crippen LogP contribution in [0.4, 0.5) is 4.39 Å². The van der Waals surface area contributed by atoms with Crippen molar-refractivity contribution >= 4 is 0 Å². The molecule has 0 atom stereocenters. The van der Waals surface area contributed by atoms with E-state index in [1.165, 1.54) is 6.07 Å². The number of nitrogens with one attached hydrogen (secondary N) is 1. The molecule has 1 aromatic rings. The van der Waals surface area contributed by atoms with Gasteiger partial charge in [0.1, 0.15) is 5.82 Å². The van der Waals surface area contributed by atoms with Gasteiger partial charge in [0.05, 0.1) is 0 Å². The van der Waals surface area contributed by atoms with Gasteiger partial charge in [0.2, 0.25) is 0 Å². The Morgan fingerprint density at radius 1 is 1.33 bits per heavy atom. The Bertz CT molecular complexity index is 331. The van der Waals surface area contributed by atoms with Gasteiger partial charge >= 0.3 is 0 Å². The van der Waals surface area contributed by atoms with E-state index in [0.717, 1.165) is 17.5 Å². The van der Waals surface area contributed by atoms with Crippen LogP contribution < -0.4 is 5.32 Å². The summed E-state index contributed by atoms with van der Waals surface area (Å²) in [6.07, 6.45) is 1.03. The summed E-state index contributed by atoms with van der Waals surface area (Å²) >= 11 is 0. The first kappa shape index (κ1) is 12.2. The maximum atomic E-state index is 13.4. The molecule has 0 aliphatic heterocycles. The van der Waals surface area contributed by atoms with Crippen molar-refractivity contribution < 1.29 is 4.39 Å². The quantitative estimate of drug-likeness (QED) is 0.801. The molecule has 0 saturated carbocycles. The molecule has 1 aromatic carbocycles. The van der Waals surface area contributed by atoms with E-state index in [1.807, 2.05) is 13.0 Å². The summed E-state index contributed by atoms with van der Waals surface area (Å²) in [5, 5.41) is 3.35. The van der Waals surface area contributed by atoms with Gasteiger partial charge in [-0.05, 0) is 33.3 Å². The van der Waals surface area contributed by atoms with Crippen molar-refractivity contribution in [3.8, 4) is 0 Å². The van der Waals surface area contributed by atoms with E-state index < -0.39 is 0 Å². The fourth-order valence-electron chi connectivity index (χ4n) is 1.30. The van der Waals surface area contributed by atoms with Crippen molar-refractivity contribution in [2.45, 2.75) is 46.2 Å². The maximum Gasteiger partial charge on any atom is 0.127 e. The van der Waals surface area contributed by atoms with Crippen LogP contribution in [0, 0.1) is 12.7 Å². The van der Waals surface area contributed by atoms with Crippen molar-refractivity contribution in [3.05, 3.63) is 35.1 Å². The third kappa shape index (κ3) is 3.63. The SMILES string of the molecule is CCC(C)(C)NCc1cc(C)ccc1F. The van der Waals surface area contributed by atoms with Gasteiger partial charge < -0.3 is 5.32 Å². The molecule has 0 amide bonds. The third-order valence-corrected chi connectivity index (χ3v) is 2.84. The lowest BCUT2D eigenvalue weighted by Gasteiger charge is -2.24. The lowest BCUT2D eigenvalue weighted by atomic mass is 10.0. The van der Waals surface area contributed by atoms with Crippen LogP contribution in [0.2, 0.25) is 0 Å². The monoisotopic (exact) mass is 209 g/mol. The Labute approximate surface area is 91.7 Å². The van der Waals surface area contributed by atoms with Crippen LogP contribution in [-0.2, 0) is 6.54 Å². The standard InChI is InChI=1S/C13H20FN/c1-5-13(3,4)15-9-11-8-10(2)6-7-12(11)14/h6-8,15H,5,9H2,1-4H3. The van der Waals surface area contributed by atoms with Crippen LogP contribution in [0.3, 0.4) is 0 Å². The first-order chi connectivity index (χ1) is 6.94. The zero-order chi connectivity index (χ0) is 11.5. The van der Waals surface area contributed by atoms with Gasteiger partial charge in [0.25, 0.3) is 0 Å². The van der Waals surface area contributed by atoms with E-state index >= 15 is 0 Å². The van der Waals surface area contributed by atoms with E-state index in [4.69, 9.17) is 0 Å². The lowest BCUT2D eigenvalue weighted by Crippen LogP contribution is -2.38. The fourth-order valence-corrected chi connectivity index (χ4v) is 1.30. The Morgan fingerprint density at radius 2 is 2.00 bits per heavy atom. The molecule has 0 radical (unpaired) electrons. The van der Waals surface area contributed by atoms with Crippen molar-refractivity contribution in [1.29, 1.82) is 0 Å². The predicted molar refractivity (Wildman–Crippen MR) is 62.3 cm³/mol. The van der Waals surface area contributed by atoms with Gasteiger partial charge in [0.15, 0.2) is 0 Å². The van der Waals surface area contributed by atoms with Crippen LogP contribution in [0.15, 0.2) is 18.2 Å². The molecule has 0 bridgehead atoms. The van der Waals surface area contributed by atoms with Crippen LogP contribution in [0.25, 0.3) is 0 Å². The second-order valence-electron chi connectivity index (χ2n) is 4.69. The van der Waals surface area contributed by atoms with E-state index in [1.54, 1.807) is 6.07 Å². The summed E-state index contributed by atoms with van der Waals surface area (Å²) in [5.41, 5.74) is 1.91. The third-order valence-electron chi connectivity index (χ3n) is 2.84. The summed E-state index contributed by atoms with van der Waals surface area (Å²) in [6.45, 7) is 8.95. The number of rotatable bonds is 4. The van der Waals surface area contributed by atoms with Crippen molar-refractivity contribution in [2.75, 3.05) is 0 Å². The zero-order valence-corrected chi connectivity index (χ0v) is 10.0. The van der Waals surface area contributed by atoms with Gasteiger partial charge in [0, 0.05) is 17.6 Å². The fraction of sp³-hybridized carbons (Fsp3) is 0.538. The highest BCUT2D eigenvalue weighted by Gasteiger charge is 2.14. The Kier molecular flexibility index (Phi) is 3.86. The van der Waals surface area contributed by atoms with E-state index in [9.17, 15) is 4.39 Å². The molecule has 1 nitrogen and oxygen atoms in total. The average molecular weight is 209 g/mol. The Morgan fingerprint density at radius 3 is 2.60 bits per heavy atom. The number of aryl methyl sites for hydroxylation is 1. The van der Waals surface area contributed by atoms with E-state index in [-0.39, 0.29) is 11.4 Å². The molecular formula is C13H20FN. The molecule has 0 aliphatic carbocycles. The van der Waals surface area contributed by atoms with Crippen molar-refractivity contribution in [1.82, 2.24) is 5.32 Å². The first-order valence-electron chi connectivity index (χ1n) is 5.44. The number of benzene rings is 1. The molecule has 1 rings (SSSR count). The van der Waals surface area contributed by atoms with Crippen LogP contribution >= 0.6 is 0 Å². The lowest BCUT2D eigenvalue weighted by molar-refractivity contribution is 0.371. The summed E-state index contributed by atoms with van der Waals surface area (Å²) in [4.78, 5) is 0. The molecule has 2 heteroatoms. The van der Waals surface area contributed by atoms with Gasteiger partial charge in [-0.1, -0.05) is 24.6 Å². The number of hydrogen-bond donors (Lipinski definition) is 1. The van der Waals surface area contributed by atoms with Crippen LogP contribution in [0.5, 0.6) is 0 Å². The van der Waals surface area contributed by atoms with Gasteiger partial charge in [-0.25, -0.2) is 4.39 Å². The first-order valence-corrected chi connectivity index (χ1v) is 5.44. The molecule has 0 aliphatic rings. The summed E-state index contributed by atoms with van der Waals surface area (Å²) in [6, 6.07) is 5.23. The summed E-state index contributed by atoms with van der Waals surface area (Å²) < 4.78 is 13.4. The van der Waals surface area contributed by atoms with Crippen molar-refractivity contribution in [3.63, 3.8) is 0 Å². The minimum absolute atomic E-state index is 0.0657. The highest BCUT2D eigenvalue weighted by Crippen LogP contribution is 2.13. The summed E-state index contributed by atoms with van der Waals surface area (Å²) in [5.74, 6) is -0.125. The number of halogens is 1. The Balaban J connectivity index is 2.69. The minimum atomic E-state index is -0.125. The molecule has 0 heterocycles. The number of hydrogen-bond acceptors (Lipinski definition) is 1. The van der Waals surface area contributed by atoms with Gasteiger partial charge in [-0.2, -0.15) is 0 Å². The largest absolute Gasteiger partial charge is 0.308 e. The molecule has 1 N–H and O–H groups in total. The van der Waals surface area contributed by atoms with Crippen LogP contribution in [-0.4, -0.2) is 5.54 Å². The topological polar surface area (TPSA) is 12.0 Å². The summed E-state index contributed by atoms with van der Waals surface area (Å²) in [7, 11) is 0. The predicted octanol–water partition coefficient (Wildman–Crippen LogP) is 3.41. The van der Waals surface area contributed by atoms with Crippen molar-refractivity contribution in [2.24, 2.45) is 0 Å². The molecule has 0 unspecified atom stereocenters. The smallest absolute Gasteiger partial charge is 0.127 e. The normalized spacial score (nSPS) is 11.8. The van der Waals surface area contributed by atoms with Gasteiger partial charge in [-0.3, -0.25) is 0 Å². The van der Waals surface area contributed by atoms with Crippen LogP contribution in [0.1, 0.15) is 38.3 Å². The minimum Gasteiger partial charge on any atom is -0.308 e. The average Bonchev–Trinajstić information content (AvgIpc) is 2.20. The Hall–Kier alpha value is -0.890. The highest BCUT2D eigenvalue weighted by molar-refractivity contribution is 5.24. The second-order valence-corrected chi connectivity index (χ2v) is 4.69. The second kappa shape index (κ2) is 4.75. The molecule has 0 spiro atoms. The molecular weight excluding hydrogens is 189 g/mol. The molecule has 0 aromatic heterocycles.